The molecule has 39 heavy (non-hydrogen) atoms. The SMILES string of the molecule is COc1ccc(CN(C(=O)CCc2ccccc2)C(Cc2ccccc2)C(=O)NCc2ccc(C)cc2)cc1. The molecule has 0 radical (unpaired) electrons. The van der Waals surface area contributed by atoms with Crippen molar-refractivity contribution < 1.29 is 14.3 Å². The topological polar surface area (TPSA) is 58.6 Å². The van der Waals surface area contributed by atoms with Crippen LogP contribution >= 0.6 is 0 Å². The Balaban J connectivity index is 1.60. The van der Waals surface area contributed by atoms with E-state index in [4.69, 9.17) is 4.74 Å². The summed E-state index contributed by atoms with van der Waals surface area (Å²) in [5, 5.41) is 3.10. The van der Waals surface area contributed by atoms with E-state index in [0.717, 1.165) is 28.0 Å². The molecule has 1 atom stereocenters. The van der Waals surface area contributed by atoms with E-state index in [1.54, 1.807) is 12.0 Å². The van der Waals surface area contributed by atoms with Gasteiger partial charge in [-0.05, 0) is 47.7 Å². The van der Waals surface area contributed by atoms with Crippen LogP contribution in [0.2, 0.25) is 0 Å². The molecule has 5 heteroatoms. The van der Waals surface area contributed by atoms with E-state index in [-0.39, 0.29) is 11.8 Å². The van der Waals surface area contributed by atoms with E-state index >= 15 is 0 Å². The number of nitrogens with one attached hydrogen (secondary N) is 1. The van der Waals surface area contributed by atoms with Crippen LogP contribution in [0.5, 0.6) is 5.75 Å². The van der Waals surface area contributed by atoms with Crippen molar-refractivity contribution in [3.05, 3.63) is 137 Å². The Hall–Kier alpha value is -4.38. The van der Waals surface area contributed by atoms with Gasteiger partial charge in [0.1, 0.15) is 11.8 Å². The first-order valence-corrected chi connectivity index (χ1v) is 13.4. The van der Waals surface area contributed by atoms with Crippen LogP contribution < -0.4 is 10.1 Å². The van der Waals surface area contributed by atoms with Gasteiger partial charge in [0.15, 0.2) is 0 Å². The Morgan fingerprint density at radius 1 is 0.744 bits per heavy atom. The van der Waals surface area contributed by atoms with Crippen molar-refractivity contribution in [2.45, 2.75) is 45.3 Å². The van der Waals surface area contributed by atoms with E-state index in [9.17, 15) is 9.59 Å². The van der Waals surface area contributed by atoms with Gasteiger partial charge in [-0.2, -0.15) is 0 Å². The molecule has 200 valence electrons. The minimum atomic E-state index is -0.664. The Bertz CT molecular complexity index is 1320. The second-order valence-electron chi connectivity index (χ2n) is 9.76. The van der Waals surface area contributed by atoms with Crippen LogP contribution in [-0.4, -0.2) is 29.9 Å². The maximum atomic E-state index is 13.8. The predicted octanol–water partition coefficient (Wildman–Crippen LogP) is 5.89. The highest BCUT2D eigenvalue weighted by Crippen LogP contribution is 2.19. The average molecular weight is 521 g/mol. The van der Waals surface area contributed by atoms with Gasteiger partial charge in [-0.1, -0.05) is 103 Å². The molecule has 0 aromatic heterocycles. The van der Waals surface area contributed by atoms with E-state index in [1.165, 1.54) is 5.56 Å². The first kappa shape index (κ1) is 27.6. The fourth-order valence-electron chi connectivity index (χ4n) is 4.53. The fraction of sp³-hybridized carbons (Fsp3) is 0.235. The summed E-state index contributed by atoms with van der Waals surface area (Å²) in [4.78, 5) is 29.3. The number of benzene rings is 4. The summed E-state index contributed by atoms with van der Waals surface area (Å²) < 4.78 is 5.31. The van der Waals surface area contributed by atoms with Crippen LogP contribution in [0.25, 0.3) is 0 Å². The summed E-state index contributed by atoms with van der Waals surface area (Å²) in [5.74, 6) is 0.527. The van der Waals surface area contributed by atoms with Gasteiger partial charge >= 0.3 is 0 Å². The Kier molecular flexibility index (Phi) is 9.90. The number of rotatable bonds is 12. The van der Waals surface area contributed by atoms with Crippen LogP contribution in [0.1, 0.15) is 34.2 Å². The summed E-state index contributed by atoms with van der Waals surface area (Å²) in [7, 11) is 1.63. The summed E-state index contributed by atoms with van der Waals surface area (Å²) in [5.41, 5.74) is 5.22. The molecule has 5 nitrogen and oxygen atoms in total. The second kappa shape index (κ2) is 14.0. The quantitative estimate of drug-likeness (QED) is 0.253. The molecule has 1 unspecified atom stereocenters. The number of amides is 2. The molecule has 0 aliphatic rings. The molecule has 0 fully saturated rings. The third-order valence-corrected chi connectivity index (χ3v) is 6.84. The molecule has 0 aliphatic heterocycles. The lowest BCUT2D eigenvalue weighted by Gasteiger charge is -2.32. The molecule has 2 amide bonds. The van der Waals surface area contributed by atoms with E-state index in [0.29, 0.717) is 32.4 Å². The molecule has 0 aliphatic carbocycles. The highest BCUT2D eigenvalue weighted by Gasteiger charge is 2.30. The van der Waals surface area contributed by atoms with Gasteiger partial charge in [-0.3, -0.25) is 9.59 Å². The Labute approximate surface area is 231 Å². The van der Waals surface area contributed by atoms with Gasteiger partial charge in [0.05, 0.1) is 7.11 Å². The number of aryl methyl sites for hydroxylation is 2. The highest BCUT2D eigenvalue weighted by atomic mass is 16.5. The molecule has 0 saturated heterocycles. The third kappa shape index (κ3) is 8.30. The third-order valence-electron chi connectivity index (χ3n) is 6.84. The van der Waals surface area contributed by atoms with Crippen molar-refractivity contribution in [2.24, 2.45) is 0 Å². The van der Waals surface area contributed by atoms with Crippen LogP contribution in [0, 0.1) is 6.92 Å². The summed E-state index contributed by atoms with van der Waals surface area (Å²) >= 11 is 0. The smallest absolute Gasteiger partial charge is 0.243 e. The minimum Gasteiger partial charge on any atom is -0.497 e. The molecule has 0 spiro atoms. The molecule has 4 aromatic rings. The van der Waals surface area contributed by atoms with Gasteiger partial charge in [0, 0.05) is 25.9 Å². The lowest BCUT2D eigenvalue weighted by atomic mass is 10.0. The number of carbonyl (C=O) groups excluding carboxylic acids is 2. The maximum absolute atomic E-state index is 13.8. The van der Waals surface area contributed by atoms with Crippen LogP contribution in [0.15, 0.2) is 109 Å². The van der Waals surface area contributed by atoms with Crippen molar-refractivity contribution >= 4 is 11.8 Å². The van der Waals surface area contributed by atoms with Crippen molar-refractivity contribution in [3.8, 4) is 5.75 Å². The number of hydrogen-bond acceptors (Lipinski definition) is 3. The Morgan fingerprint density at radius 3 is 1.95 bits per heavy atom. The summed E-state index contributed by atoms with van der Waals surface area (Å²) in [6, 6.07) is 34.9. The van der Waals surface area contributed by atoms with E-state index in [1.807, 2.05) is 116 Å². The van der Waals surface area contributed by atoms with Crippen molar-refractivity contribution in [1.82, 2.24) is 10.2 Å². The first-order valence-electron chi connectivity index (χ1n) is 13.4. The molecular formula is C34H36N2O3. The van der Waals surface area contributed by atoms with Crippen molar-refractivity contribution in [3.63, 3.8) is 0 Å². The molecule has 4 rings (SSSR count). The van der Waals surface area contributed by atoms with Crippen molar-refractivity contribution in [1.29, 1.82) is 0 Å². The van der Waals surface area contributed by atoms with Gasteiger partial charge in [0.2, 0.25) is 11.8 Å². The summed E-state index contributed by atoms with van der Waals surface area (Å²) in [6.45, 7) is 2.77. The largest absolute Gasteiger partial charge is 0.497 e. The van der Waals surface area contributed by atoms with Gasteiger partial charge in [0.25, 0.3) is 0 Å². The highest BCUT2D eigenvalue weighted by molar-refractivity contribution is 5.88. The number of carbonyl (C=O) groups is 2. The molecule has 0 bridgehead atoms. The average Bonchev–Trinajstić information content (AvgIpc) is 2.98. The molecule has 1 N–H and O–H groups in total. The maximum Gasteiger partial charge on any atom is 0.243 e. The van der Waals surface area contributed by atoms with Crippen LogP contribution in [0.4, 0.5) is 0 Å². The lowest BCUT2D eigenvalue weighted by Crippen LogP contribution is -2.50. The van der Waals surface area contributed by atoms with Crippen LogP contribution in [0.3, 0.4) is 0 Å². The van der Waals surface area contributed by atoms with Crippen LogP contribution in [-0.2, 0) is 35.5 Å². The zero-order valence-corrected chi connectivity index (χ0v) is 22.7. The molecule has 4 aromatic carbocycles. The minimum absolute atomic E-state index is 0.0545. The second-order valence-corrected chi connectivity index (χ2v) is 9.76. The van der Waals surface area contributed by atoms with Gasteiger partial charge < -0.3 is 15.0 Å². The number of methoxy groups -OCH3 is 1. The van der Waals surface area contributed by atoms with Crippen molar-refractivity contribution in [2.75, 3.05) is 7.11 Å². The number of ether oxygens (including phenoxy) is 1. The monoisotopic (exact) mass is 520 g/mol. The Morgan fingerprint density at radius 2 is 1.33 bits per heavy atom. The zero-order chi connectivity index (χ0) is 27.5. The predicted molar refractivity (Wildman–Crippen MR) is 155 cm³/mol. The molecular weight excluding hydrogens is 484 g/mol. The van der Waals surface area contributed by atoms with Gasteiger partial charge in [-0.25, -0.2) is 0 Å². The number of hydrogen-bond donors (Lipinski definition) is 1. The normalized spacial score (nSPS) is 11.4. The molecule has 0 heterocycles. The fourth-order valence-corrected chi connectivity index (χ4v) is 4.53. The zero-order valence-electron chi connectivity index (χ0n) is 22.7. The van der Waals surface area contributed by atoms with Gasteiger partial charge in [-0.15, -0.1) is 0 Å². The lowest BCUT2D eigenvalue weighted by molar-refractivity contribution is -0.141. The van der Waals surface area contributed by atoms with E-state index < -0.39 is 6.04 Å². The first-order chi connectivity index (χ1) is 19.0. The van der Waals surface area contributed by atoms with E-state index in [2.05, 4.69) is 5.32 Å². The standard InChI is InChI=1S/C34H36N2O3/c1-26-13-15-29(16-14-26)24-35-34(38)32(23-28-11-7-4-8-12-28)36(25-30-17-20-31(39-2)21-18-30)33(37)22-19-27-9-5-3-6-10-27/h3-18,20-21,32H,19,22-25H2,1-2H3,(H,35,38). The number of nitrogens with zero attached hydrogens (tertiary/aromatic N) is 1. The molecule has 0 saturated carbocycles. The summed E-state index contributed by atoms with van der Waals surface area (Å²) in [6.07, 6.45) is 1.35.